The molecule has 1 saturated heterocycles. The number of Topliss-reactive ketones (excluding diaryl/α,β-unsaturated/α-hetero) is 1. The first-order valence-corrected chi connectivity index (χ1v) is 16.9. The molecular formula is C36H42F6N2O5. The molecule has 2 aromatic rings. The Kier molecular flexibility index (Phi) is 9.26. The van der Waals surface area contributed by atoms with E-state index in [4.69, 9.17) is 0 Å². The number of aliphatic hydroxyl groups excluding tert-OH is 1. The highest BCUT2D eigenvalue weighted by molar-refractivity contribution is 5.81. The summed E-state index contributed by atoms with van der Waals surface area (Å²) in [6.45, 7) is 6.80. The van der Waals surface area contributed by atoms with Crippen LogP contribution in [-0.2, 0) is 9.59 Å². The molecular weight excluding hydrogens is 654 g/mol. The standard InChI is InChI=1S/C36H42F6N2O5/c1-20(45)44-19-26-27-12-13-29(33(27,2)17-15-28(26)34(3)16-14-23(46)18-30(34)44)32(47)43-31(21-4-8-24(9-5-21)48-35(37,38)39)22-6-10-25(11-7-22)49-36(40,41)42/h4-11,20,26-31,45H,12-19H2,1-3H3,(H,43,47)/t20?,26?,27?,28?,29?,30?,33-,34+/m0/s1. The van der Waals surface area contributed by atoms with Crippen LogP contribution in [-0.4, -0.2) is 53.2 Å². The van der Waals surface area contributed by atoms with Crippen LogP contribution in [0.5, 0.6) is 11.5 Å². The van der Waals surface area contributed by atoms with Gasteiger partial charge in [0.25, 0.3) is 0 Å². The molecule has 3 saturated carbocycles. The summed E-state index contributed by atoms with van der Waals surface area (Å²) < 4.78 is 84.9. The topological polar surface area (TPSA) is 88.1 Å². The summed E-state index contributed by atoms with van der Waals surface area (Å²) in [6, 6.07) is 9.13. The summed E-state index contributed by atoms with van der Waals surface area (Å²) in [5.41, 5.74) is 0.329. The third-order valence-corrected chi connectivity index (χ3v) is 12.2. The molecule has 7 nitrogen and oxygen atoms in total. The van der Waals surface area contributed by atoms with Crippen LogP contribution in [0.25, 0.3) is 0 Å². The molecule has 1 amide bonds. The minimum absolute atomic E-state index is 0.0264. The molecule has 2 aromatic carbocycles. The number of likely N-dealkylation sites (tertiary alicyclic amines) is 1. The second-order valence-corrected chi connectivity index (χ2v) is 14.8. The third kappa shape index (κ3) is 7.02. The molecule has 2 N–H and O–H groups in total. The van der Waals surface area contributed by atoms with E-state index in [2.05, 4.69) is 33.5 Å². The van der Waals surface area contributed by atoms with Gasteiger partial charge in [-0.1, -0.05) is 38.1 Å². The first-order valence-electron chi connectivity index (χ1n) is 16.9. The Morgan fingerprint density at radius 3 is 1.90 bits per heavy atom. The Labute approximate surface area is 281 Å². The van der Waals surface area contributed by atoms with Gasteiger partial charge in [-0.3, -0.25) is 14.5 Å². The lowest BCUT2D eigenvalue weighted by Gasteiger charge is -2.63. The summed E-state index contributed by atoms with van der Waals surface area (Å²) in [7, 11) is 0. The number of fused-ring (bicyclic) bond motifs is 5. The van der Waals surface area contributed by atoms with Crippen LogP contribution in [0.15, 0.2) is 48.5 Å². The molecule has 0 spiro atoms. The molecule has 13 heteroatoms. The number of ketones is 1. The summed E-state index contributed by atoms with van der Waals surface area (Å²) >= 11 is 0. The Morgan fingerprint density at radius 2 is 1.39 bits per heavy atom. The number of nitrogens with one attached hydrogen (secondary N) is 1. The van der Waals surface area contributed by atoms with Gasteiger partial charge in [-0.2, -0.15) is 0 Å². The highest BCUT2D eigenvalue weighted by atomic mass is 19.4. The van der Waals surface area contributed by atoms with Gasteiger partial charge in [-0.25, -0.2) is 0 Å². The van der Waals surface area contributed by atoms with Gasteiger partial charge in [0, 0.05) is 31.3 Å². The van der Waals surface area contributed by atoms with Crippen molar-refractivity contribution in [1.29, 1.82) is 0 Å². The zero-order chi connectivity index (χ0) is 35.5. The number of carbonyl (C=O) groups excluding carboxylic acids is 2. The van der Waals surface area contributed by atoms with Crippen LogP contribution in [0.2, 0.25) is 0 Å². The molecule has 1 aliphatic heterocycles. The Morgan fingerprint density at radius 1 is 0.857 bits per heavy atom. The van der Waals surface area contributed by atoms with Crippen molar-refractivity contribution < 1.29 is 50.5 Å². The van der Waals surface area contributed by atoms with Crippen LogP contribution in [0, 0.1) is 34.5 Å². The van der Waals surface area contributed by atoms with E-state index in [1.807, 2.05) is 0 Å². The molecule has 0 radical (unpaired) electrons. The van der Waals surface area contributed by atoms with E-state index < -0.39 is 36.5 Å². The number of benzene rings is 2. The lowest BCUT2D eigenvalue weighted by atomic mass is 9.48. The smallest absolute Gasteiger partial charge is 0.406 e. The normalized spacial score (nSPS) is 32.6. The largest absolute Gasteiger partial charge is 0.573 e. The van der Waals surface area contributed by atoms with Crippen molar-refractivity contribution in [2.24, 2.45) is 34.5 Å². The van der Waals surface area contributed by atoms with Crippen molar-refractivity contribution >= 4 is 11.7 Å². The quantitative estimate of drug-likeness (QED) is 0.291. The van der Waals surface area contributed by atoms with Gasteiger partial charge in [-0.15, -0.1) is 26.3 Å². The average Bonchev–Trinajstić information content (AvgIpc) is 3.37. The van der Waals surface area contributed by atoms with Gasteiger partial charge in [0.2, 0.25) is 5.91 Å². The summed E-state index contributed by atoms with van der Waals surface area (Å²) in [6.07, 6.45) is -5.64. The highest BCUT2D eigenvalue weighted by Crippen LogP contribution is 2.65. The number of halogens is 6. The van der Waals surface area contributed by atoms with Crippen molar-refractivity contribution in [1.82, 2.24) is 10.2 Å². The maximum atomic E-state index is 14.3. The van der Waals surface area contributed by atoms with E-state index in [1.54, 1.807) is 6.92 Å². The van der Waals surface area contributed by atoms with Crippen LogP contribution >= 0.6 is 0 Å². The number of alkyl halides is 6. The Hall–Kier alpha value is -3.32. The van der Waals surface area contributed by atoms with Crippen molar-refractivity contribution in [2.75, 3.05) is 6.54 Å². The number of aliphatic hydroxyl groups is 1. The van der Waals surface area contributed by atoms with Crippen LogP contribution in [0.3, 0.4) is 0 Å². The molecule has 0 aromatic heterocycles. The number of rotatable bonds is 7. The molecule has 0 bridgehead atoms. The summed E-state index contributed by atoms with van der Waals surface area (Å²) in [4.78, 5) is 28.9. The van der Waals surface area contributed by atoms with E-state index in [0.717, 1.165) is 49.9 Å². The van der Waals surface area contributed by atoms with Crippen molar-refractivity contribution in [3.05, 3.63) is 59.7 Å². The lowest BCUT2D eigenvalue weighted by molar-refractivity contribution is -0.275. The number of ether oxygens (including phenoxy) is 2. The molecule has 268 valence electrons. The van der Waals surface area contributed by atoms with Crippen molar-refractivity contribution in [3.63, 3.8) is 0 Å². The molecule has 1 heterocycles. The number of hydrogen-bond acceptors (Lipinski definition) is 6. The molecule has 6 unspecified atom stereocenters. The van der Waals surface area contributed by atoms with Crippen molar-refractivity contribution in [3.8, 4) is 11.5 Å². The average molecular weight is 697 g/mol. The fourth-order valence-corrected chi connectivity index (χ4v) is 9.96. The van der Waals surface area contributed by atoms with E-state index in [0.29, 0.717) is 42.9 Å². The molecule has 6 rings (SSSR count). The molecule has 4 aliphatic rings. The number of piperidine rings is 1. The predicted molar refractivity (Wildman–Crippen MR) is 166 cm³/mol. The van der Waals surface area contributed by atoms with E-state index in [9.17, 15) is 41.0 Å². The number of hydrogen-bond donors (Lipinski definition) is 2. The van der Waals surface area contributed by atoms with Crippen LogP contribution in [0.1, 0.15) is 82.9 Å². The van der Waals surface area contributed by atoms with E-state index in [-0.39, 0.29) is 46.3 Å². The van der Waals surface area contributed by atoms with Gasteiger partial charge < -0.3 is 19.9 Å². The number of amides is 1. The van der Waals surface area contributed by atoms with Gasteiger partial charge in [0.1, 0.15) is 23.5 Å². The number of nitrogens with zero attached hydrogens (tertiary/aromatic N) is 1. The van der Waals surface area contributed by atoms with Crippen LogP contribution < -0.4 is 14.8 Å². The third-order valence-electron chi connectivity index (χ3n) is 12.2. The minimum Gasteiger partial charge on any atom is -0.406 e. The molecule has 4 fully saturated rings. The molecule has 3 aliphatic carbocycles. The van der Waals surface area contributed by atoms with E-state index in [1.165, 1.54) is 24.3 Å². The highest BCUT2D eigenvalue weighted by Gasteiger charge is 2.63. The van der Waals surface area contributed by atoms with Gasteiger partial charge in [0.15, 0.2) is 0 Å². The zero-order valence-electron chi connectivity index (χ0n) is 27.6. The van der Waals surface area contributed by atoms with Gasteiger partial charge in [-0.05, 0) is 103 Å². The first kappa shape index (κ1) is 35.5. The first-order chi connectivity index (χ1) is 22.9. The van der Waals surface area contributed by atoms with Gasteiger partial charge >= 0.3 is 12.7 Å². The fraction of sp³-hybridized carbons (Fsp3) is 0.611. The second-order valence-electron chi connectivity index (χ2n) is 14.8. The molecule has 8 atom stereocenters. The Bertz CT molecular complexity index is 1470. The predicted octanol–water partition coefficient (Wildman–Crippen LogP) is 7.53. The van der Waals surface area contributed by atoms with Gasteiger partial charge in [0.05, 0.1) is 6.04 Å². The lowest BCUT2D eigenvalue weighted by Crippen LogP contribution is -2.66. The summed E-state index contributed by atoms with van der Waals surface area (Å²) in [5, 5.41) is 13.9. The second kappa shape index (κ2) is 12.8. The van der Waals surface area contributed by atoms with Crippen LogP contribution in [0.4, 0.5) is 26.3 Å². The molecule has 49 heavy (non-hydrogen) atoms. The van der Waals surface area contributed by atoms with E-state index >= 15 is 0 Å². The Balaban J connectivity index is 1.26. The minimum atomic E-state index is -4.89. The summed E-state index contributed by atoms with van der Waals surface area (Å²) in [5.74, 6) is -0.540. The maximum absolute atomic E-state index is 14.3. The number of carbonyl (C=O) groups is 2. The van der Waals surface area contributed by atoms with Crippen molar-refractivity contribution in [2.45, 2.75) is 96.8 Å². The maximum Gasteiger partial charge on any atom is 0.573 e. The SMILES string of the molecule is CC(O)N1CC2C3CCC(C(=O)NC(c4ccc(OC(F)(F)F)cc4)c4ccc(OC(F)(F)F)cc4)[C@@]3(C)CCC2[C@@]2(C)CCC(=O)CC12. The fourth-order valence-electron chi connectivity index (χ4n) is 9.96. The monoisotopic (exact) mass is 696 g/mol. The zero-order valence-corrected chi connectivity index (χ0v) is 27.6.